The molecular formula is C14H10N4O. The first-order valence-electron chi connectivity index (χ1n) is 6.00. The molecule has 5 heteroatoms. The number of aryl methyl sites for hydroxylation is 1. The van der Waals surface area contributed by atoms with Crippen molar-refractivity contribution in [2.45, 2.75) is 6.92 Å². The predicted molar refractivity (Wildman–Crippen MR) is 72.5 cm³/mol. The van der Waals surface area contributed by atoms with Crippen molar-refractivity contribution >= 4 is 22.5 Å². The summed E-state index contributed by atoms with van der Waals surface area (Å²) in [7, 11) is 0. The largest absolute Gasteiger partial charge is 0.341 e. The van der Waals surface area contributed by atoms with E-state index in [-0.39, 0.29) is 5.69 Å². The summed E-state index contributed by atoms with van der Waals surface area (Å²) in [5.41, 5.74) is 3.10. The first-order valence-corrected chi connectivity index (χ1v) is 6.00. The lowest BCUT2D eigenvalue weighted by Crippen LogP contribution is -2.22. The van der Waals surface area contributed by atoms with Crippen LogP contribution in [0.3, 0.4) is 0 Å². The van der Waals surface area contributed by atoms with Crippen LogP contribution < -0.4 is 5.69 Å². The topological polar surface area (TPSA) is 51.7 Å². The van der Waals surface area contributed by atoms with Gasteiger partial charge in [0.2, 0.25) is 5.78 Å². The van der Waals surface area contributed by atoms with Crippen LogP contribution in [0.15, 0.2) is 47.4 Å². The molecule has 0 unspecified atom stereocenters. The molecule has 0 aliphatic carbocycles. The molecule has 4 aromatic rings. The summed E-state index contributed by atoms with van der Waals surface area (Å²) in [4.78, 5) is 21.4. The first kappa shape index (κ1) is 10.3. The fourth-order valence-electron chi connectivity index (χ4n) is 2.32. The number of nitrogens with zero attached hydrogens (tertiary/aromatic N) is 4. The Morgan fingerprint density at radius 3 is 2.84 bits per heavy atom. The van der Waals surface area contributed by atoms with Crippen molar-refractivity contribution in [2.75, 3.05) is 0 Å². The first-order chi connectivity index (χ1) is 9.24. The van der Waals surface area contributed by atoms with Crippen molar-refractivity contribution in [2.24, 2.45) is 0 Å². The summed E-state index contributed by atoms with van der Waals surface area (Å²) in [5.74, 6) is 0.441. The zero-order valence-corrected chi connectivity index (χ0v) is 10.2. The third kappa shape index (κ3) is 1.32. The lowest BCUT2D eigenvalue weighted by atomic mass is 10.3. The van der Waals surface area contributed by atoms with Gasteiger partial charge >= 0.3 is 5.69 Å². The Labute approximate surface area is 107 Å². The summed E-state index contributed by atoms with van der Waals surface area (Å²) in [6.07, 6.45) is 1.74. The van der Waals surface area contributed by atoms with E-state index in [2.05, 4.69) is 9.97 Å². The molecule has 0 N–H and O–H groups in total. The van der Waals surface area contributed by atoms with E-state index in [4.69, 9.17) is 0 Å². The predicted octanol–water partition coefficient (Wildman–Crippen LogP) is 1.80. The Morgan fingerprint density at radius 2 is 1.95 bits per heavy atom. The van der Waals surface area contributed by atoms with Gasteiger partial charge in [-0.2, -0.15) is 4.98 Å². The minimum absolute atomic E-state index is 0.145. The molecule has 0 amide bonds. The zero-order valence-electron chi connectivity index (χ0n) is 10.2. The average Bonchev–Trinajstić information content (AvgIpc) is 2.76. The summed E-state index contributed by atoms with van der Waals surface area (Å²) < 4.78 is 3.08. The summed E-state index contributed by atoms with van der Waals surface area (Å²) in [5, 5.41) is 0. The normalized spacial score (nSPS) is 11.6. The minimum atomic E-state index is -0.145. The fourth-order valence-corrected chi connectivity index (χ4v) is 2.32. The minimum Gasteiger partial charge on any atom is -0.252 e. The Bertz CT molecular complexity index is 997. The number of hydrogen-bond donors (Lipinski definition) is 0. The van der Waals surface area contributed by atoms with E-state index in [0.717, 1.165) is 16.6 Å². The summed E-state index contributed by atoms with van der Waals surface area (Å²) in [6, 6.07) is 11.3. The maximum Gasteiger partial charge on any atom is 0.341 e. The number of fused-ring (bicyclic) bond motifs is 4. The molecule has 4 rings (SSSR count). The molecule has 5 nitrogen and oxygen atoms in total. The molecule has 92 valence electrons. The van der Waals surface area contributed by atoms with Crippen molar-refractivity contribution < 1.29 is 0 Å². The molecule has 0 saturated carbocycles. The van der Waals surface area contributed by atoms with Crippen LogP contribution in [-0.4, -0.2) is 18.8 Å². The second-order valence-corrected chi connectivity index (χ2v) is 4.56. The van der Waals surface area contributed by atoms with Gasteiger partial charge in [-0.3, -0.25) is 4.40 Å². The van der Waals surface area contributed by atoms with E-state index < -0.39 is 0 Å². The molecule has 0 aliphatic heterocycles. The number of hydrogen-bond acceptors (Lipinski definition) is 3. The molecule has 0 fully saturated rings. The van der Waals surface area contributed by atoms with Crippen LogP contribution in [0.25, 0.3) is 22.5 Å². The maximum atomic E-state index is 12.5. The van der Waals surface area contributed by atoms with Gasteiger partial charge in [-0.1, -0.05) is 12.1 Å². The fraction of sp³-hybridized carbons (Fsp3) is 0.0714. The van der Waals surface area contributed by atoms with Gasteiger partial charge < -0.3 is 0 Å². The molecule has 0 bridgehead atoms. The zero-order chi connectivity index (χ0) is 13.0. The molecule has 0 saturated heterocycles. The van der Waals surface area contributed by atoms with E-state index in [1.165, 1.54) is 8.80 Å². The third-order valence-electron chi connectivity index (χ3n) is 3.25. The highest BCUT2D eigenvalue weighted by Gasteiger charge is 2.10. The van der Waals surface area contributed by atoms with Crippen LogP contribution in [0.2, 0.25) is 0 Å². The molecule has 0 spiro atoms. The lowest BCUT2D eigenvalue weighted by molar-refractivity contribution is 0.918. The van der Waals surface area contributed by atoms with E-state index >= 15 is 0 Å². The quantitative estimate of drug-likeness (QED) is 0.478. The number of benzene rings is 1. The Kier molecular flexibility index (Phi) is 1.84. The number of aromatic nitrogens is 4. The van der Waals surface area contributed by atoms with Crippen LogP contribution in [0.4, 0.5) is 0 Å². The smallest absolute Gasteiger partial charge is 0.252 e. The van der Waals surface area contributed by atoms with E-state index in [9.17, 15) is 4.79 Å². The molecule has 0 aliphatic rings. The molecule has 0 radical (unpaired) electrons. The second kappa shape index (κ2) is 3.41. The molecule has 0 atom stereocenters. The van der Waals surface area contributed by atoms with Gasteiger partial charge in [-0.15, -0.1) is 0 Å². The highest BCUT2D eigenvalue weighted by molar-refractivity contribution is 5.79. The van der Waals surface area contributed by atoms with Gasteiger partial charge in [0.05, 0.1) is 11.0 Å². The van der Waals surface area contributed by atoms with Crippen LogP contribution in [0, 0.1) is 6.92 Å². The highest BCUT2D eigenvalue weighted by Crippen LogP contribution is 2.13. The van der Waals surface area contributed by atoms with Gasteiger partial charge in [-0.25, -0.2) is 14.2 Å². The summed E-state index contributed by atoms with van der Waals surface area (Å²) >= 11 is 0. The number of imidazole rings is 1. The Balaban J connectivity index is 2.34. The van der Waals surface area contributed by atoms with Gasteiger partial charge in [0.25, 0.3) is 0 Å². The van der Waals surface area contributed by atoms with Gasteiger partial charge in [0, 0.05) is 6.20 Å². The van der Waals surface area contributed by atoms with Crippen molar-refractivity contribution in [3.05, 3.63) is 58.6 Å². The summed E-state index contributed by atoms with van der Waals surface area (Å²) in [6.45, 7) is 1.97. The van der Waals surface area contributed by atoms with Gasteiger partial charge in [0.1, 0.15) is 5.65 Å². The molecule has 3 aromatic heterocycles. The van der Waals surface area contributed by atoms with Crippen molar-refractivity contribution in [3.8, 4) is 0 Å². The monoisotopic (exact) mass is 250 g/mol. The highest BCUT2D eigenvalue weighted by atomic mass is 16.1. The molecule has 19 heavy (non-hydrogen) atoms. The second-order valence-electron chi connectivity index (χ2n) is 4.56. The van der Waals surface area contributed by atoms with Crippen LogP contribution in [0.5, 0.6) is 0 Å². The van der Waals surface area contributed by atoms with Crippen molar-refractivity contribution in [3.63, 3.8) is 0 Å². The van der Waals surface area contributed by atoms with Gasteiger partial charge in [-0.05, 0) is 36.8 Å². The maximum absolute atomic E-state index is 12.5. The third-order valence-corrected chi connectivity index (χ3v) is 3.25. The Hall–Kier alpha value is -2.69. The molecule has 1 aromatic carbocycles. The number of pyridine rings is 1. The molecular weight excluding hydrogens is 240 g/mol. The van der Waals surface area contributed by atoms with E-state index in [1.807, 2.05) is 43.3 Å². The van der Waals surface area contributed by atoms with Crippen molar-refractivity contribution in [1.29, 1.82) is 0 Å². The number of rotatable bonds is 0. The number of para-hydroxylation sites is 2. The van der Waals surface area contributed by atoms with Crippen LogP contribution in [0.1, 0.15) is 5.56 Å². The molecule has 3 heterocycles. The van der Waals surface area contributed by atoms with Crippen LogP contribution in [-0.2, 0) is 0 Å². The average molecular weight is 250 g/mol. The van der Waals surface area contributed by atoms with E-state index in [0.29, 0.717) is 11.4 Å². The van der Waals surface area contributed by atoms with Crippen LogP contribution >= 0.6 is 0 Å². The lowest BCUT2D eigenvalue weighted by Gasteiger charge is -2.02. The van der Waals surface area contributed by atoms with Gasteiger partial charge in [0.15, 0.2) is 0 Å². The van der Waals surface area contributed by atoms with E-state index in [1.54, 1.807) is 6.20 Å². The standard InChI is InChI=1S/C14H10N4O/c1-9-6-7-17-12(8-9)16-13-15-10-4-2-3-5-11(10)18(13)14(17)19/h2-8H,1H3. The van der Waals surface area contributed by atoms with Crippen molar-refractivity contribution in [1.82, 2.24) is 18.8 Å². The SMILES string of the molecule is Cc1ccn2c(=O)n3c(nc4ccccc43)nc2c1. The Morgan fingerprint density at radius 1 is 1.11 bits per heavy atom.